The Bertz CT molecular complexity index is 99.9. The van der Waals surface area contributed by atoms with Gasteiger partial charge in [-0.2, -0.15) is 5.26 Å². The Morgan fingerprint density at radius 3 is 1.82 bits per heavy atom. The van der Waals surface area contributed by atoms with Gasteiger partial charge in [0.1, 0.15) is 0 Å². The van der Waals surface area contributed by atoms with Crippen LogP contribution in [-0.2, 0) is 0 Å². The van der Waals surface area contributed by atoms with Crippen LogP contribution in [0.4, 0.5) is 0 Å². The maximum absolute atomic E-state index is 8.40. The second kappa shape index (κ2) is 9.49. The highest BCUT2D eigenvalue weighted by molar-refractivity contribution is 4.78. The van der Waals surface area contributed by atoms with Gasteiger partial charge in [0.2, 0.25) is 0 Å². The molecule has 1 heteroatoms. The third-order valence-electron chi connectivity index (χ3n) is 1.40. The molecule has 11 heavy (non-hydrogen) atoms. The molecule has 0 saturated carbocycles. The molecule has 66 valence electrons. The van der Waals surface area contributed by atoms with Gasteiger partial charge in [-0.1, -0.05) is 27.7 Å². The van der Waals surface area contributed by atoms with Crippen LogP contribution in [0.5, 0.6) is 0 Å². The quantitative estimate of drug-likeness (QED) is 0.610. The third kappa shape index (κ3) is 12.6. The van der Waals surface area contributed by atoms with E-state index < -0.39 is 0 Å². The van der Waals surface area contributed by atoms with E-state index in [-0.39, 0.29) is 5.92 Å². The lowest BCUT2D eigenvalue weighted by Gasteiger charge is -2.03. The molecule has 0 N–H and O–H groups in total. The van der Waals surface area contributed by atoms with E-state index in [4.69, 9.17) is 5.26 Å². The summed E-state index contributed by atoms with van der Waals surface area (Å²) in [5.41, 5.74) is 0. The van der Waals surface area contributed by atoms with Gasteiger partial charge in [-0.25, -0.2) is 0 Å². The van der Waals surface area contributed by atoms with Crippen molar-refractivity contribution in [3.63, 3.8) is 0 Å². The number of hydrogen-bond acceptors (Lipinski definition) is 1. The second-order valence-electron chi connectivity index (χ2n) is 3.00. The van der Waals surface area contributed by atoms with Gasteiger partial charge in [-0.3, -0.25) is 0 Å². The van der Waals surface area contributed by atoms with Crippen LogP contribution < -0.4 is 0 Å². The van der Waals surface area contributed by atoms with Gasteiger partial charge in [0, 0.05) is 5.92 Å². The van der Waals surface area contributed by atoms with Gasteiger partial charge in [-0.05, 0) is 25.7 Å². The van der Waals surface area contributed by atoms with Crippen molar-refractivity contribution in [1.29, 1.82) is 5.26 Å². The molecule has 0 radical (unpaired) electrons. The fourth-order valence-electron chi connectivity index (χ4n) is 0.648. The lowest BCUT2D eigenvalue weighted by Crippen LogP contribution is -1.93. The van der Waals surface area contributed by atoms with Crippen molar-refractivity contribution in [2.75, 3.05) is 0 Å². The highest BCUT2D eigenvalue weighted by Gasteiger charge is 2.00. The van der Waals surface area contributed by atoms with Crippen LogP contribution in [0.1, 0.15) is 47.5 Å². The van der Waals surface area contributed by atoms with Crippen LogP contribution in [-0.4, -0.2) is 0 Å². The van der Waals surface area contributed by atoms with Gasteiger partial charge < -0.3 is 0 Å². The first-order valence-electron chi connectivity index (χ1n) is 4.56. The van der Waals surface area contributed by atoms with E-state index in [9.17, 15) is 0 Å². The van der Waals surface area contributed by atoms with E-state index in [2.05, 4.69) is 19.9 Å². The van der Waals surface area contributed by atoms with E-state index in [1.807, 2.05) is 20.8 Å². The topological polar surface area (TPSA) is 23.8 Å². The van der Waals surface area contributed by atoms with Gasteiger partial charge in [0.25, 0.3) is 0 Å². The minimum absolute atomic E-state index is 0.243. The zero-order chi connectivity index (χ0) is 9.28. The van der Waals surface area contributed by atoms with Crippen LogP contribution >= 0.6 is 0 Å². The minimum atomic E-state index is 0.243. The van der Waals surface area contributed by atoms with Crippen molar-refractivity contribution in [3.05, 3.63) is 0 Å². The SMILES string of the molecule is CC.CC(C)CCC(C)C#N. The highest BCUT2D eigenvalue weighted by Crippen LogP contribution is 2.09. The summed E-state index contributed by atoms with van der Waals surface area (Å²) >= 11 is 0. The van der Waals surface area contributed by atoms with Crippen LogP contribution in [0.15, 0.2) is 0 Å². The first-order chi connectivity index (χ1) is 5.16. The molecule has 0 fully saturated rings. The molecule has 1 atom stereocenters. The van der Waals surface area contributed by atoms with Crippen molar-refractivity contribution in [3.8, 4) is 6.07 Å². The molecule has 0 aliphatic heterocycles. The molecular weight excluding hydrogens is 134 g/mol. The summed E-state index contributed by atoms with van der Waals surface area (Å²) in [6.07, 6.45) is 2.23. The zero-order valence-corrected chi connectivity index (χ0v) is 8.52. The fraction of sp³-hybridized carbons (Fsp3) is 0.900. The lowest BCUT2D eigenvalue weighted by atomic mass is 10.0. The molecule has 0 amide bonds. The van der Waals surface area contributed by atoms with Crippen molar-refractivity contribution in [2.45, 2.75) is 47.5 Å². The predicted molar refractivity (Wildman–Crippen MR) is 50.2 cm³/mol. The molecule has 0 rings (SSSR count). The van der Waals surface area contributed by atoms with Gasteiger partial charge in [0.15, 0.2) is 0 Å². The number of nitrogens with zero attached hydrogens (tertiary/aromatic N) is 1. The van der Waals surface area contributed by atoms with E-state index in [1.54, 1.807) is 0 Å². The molecule has 0 aromatic rings. The summed E-state index contributed by atoms with van der Waals surface area (Å²) in [6.45, 7) is 10.3. The maximum Gasteiger partial charge on any atom is 0.0652 e. The molecule has 0 heterocycles. The van der Waals surface area contributed by atoms with Crippen molar-refractivity contribution in [1.82, 2.24) is 0 Å². The molecular formula is C10H21N. The van der Waals surface area contributed by atoms with Crippen LogP contribution in [0.3, 0.4) is 0 Å². The Morgan fingerprint density at radius 2 is 1.55 bits per heavy atom. The Morgan fingerprint density at radius 1 is 1.09 bits per heavy atom. The van der Waals surface area contributed by atoms with Gasteiger partial charge in [-0.15, -0.1) is 0 Å². The minimum Gasteiger partial charge on any atom is -0.198 e. The highest BCUT2D eigenvalue weighted by atomic mass is 14.3. The number of hydrogen-bond donors (Lipinski definition) is 0. The summed E-state index contributed by atoms with van der Waals surface area (Å²) in [5.74, 6) is 0.980. The summed E-state index contributed by atoms with van der Waals surface area (Å²) in [4.78, 5) is 0. The van der Waals surface area contributed by atoms with E-state index in [0.29, 0.717) is 0 Å². The third-order valence-corrected chi connectivity index (χ3v) is 1.40. The molecule has 1 nitrogen and oxygen atoms in total. The first kappa shape index (κ1) is 13.1. The van der Waals surface area contributed by atoms with E-state index in [0.717, 1.165) is 12.3 Å². The standard InChI is InChI=1S/C8H15N.C2H6/c1-7(2)4-5-8(3)6-9;1-2/h7-8H,4-5H2,1-3H3;1-2H3. The van der Waals surface area contributed by atoms with Gasteiger partial charge in [0.05, 0.1) is 6.07 Å². The Labute approximate surface area is 71.4 Å². The normalized spacial score (nSPS) is 11.4. The molecule has 0 aliphatic carbocycles. The Hall–Kier alpha value is -0.510. The molecule has 0 bridgehead atoms. The zero-order valence-electron chi connectivity index (χ0n) is 8.52. The van der Waals surface area contributed by atoms with E-state index in [1.165, 1.54) is 6.42 Å². The predicted octanol–water partition coefficient (Wildman–Crippen LogP) is 3.61. The molecule has 0 aliphatic rings. The molecule has 1 unspecified atom stereocenters. The monoisotopic (exact) mass is 155 g/mol. The number of rotatable bonds is 3. The number of nitriles is 1. The first-order valence-corrected chi connectivity index (χ1v) is 4.56. The molecule has 0 aromatic heterocycles. The van der Waals surface area contributed by atoms with Crippen LogP contribution in [0.2, 0.25) is 0 Å². The largest absolute Gasteiger partial charge is 0.198 e. The summed E-state index contributed by atoms with van der Waals surface area (Å²) in [6, 6.07) is 2.22. The second-order valence-corrected chi connectivity index (χ2v) is 3.00. The van der Waals surface area contributed by atoms with Gasteiger partial charge >= 0.3 is 0 Å². The van der Waals surface area contributed by atoms with Crippen molar-refractivity contribution in [2.24, 2.45) is 11.8 Å². The van der Waals surface area contributed by atoms with Crippen LogP contribution in [0.25, 0.3) is 0 Å². The lowest BCUT2D eigenvalue weighted by molar-refractivity contribution is 0.507. The summed E-state index contributed by atoms with van der Waals surface area (Å²) in [5, 5.41) is 8.40. The Kier molecular flexibility index (Phi) is 11.3. The fourth-order valence-corrected chi connectivity index (χ4v) is 0.648. The smallest absolute Gasteiger partial charge is 0.0652 e. The summed E-state index contributed by atoms with van der Waals surface area (Å²) < 4.78 is 0. The summed E-state index contributed by atoms with van der Waals surface area (Å²) in [7, 11) is 0. The molecule has 0 aromatic carbocycles. The average Bonchev–Trinajstić information content (AvgIpc) is 2.04. The Balaban J connectivity index is 0. The maximum atomic E-state index is 8.40. The molecule has 0 saturated heterocycles. The molecule has 0 spiro atoms. The van der Waals surface area contributed by atoms with Crippen LogP contribution in [0, 0.1) is 23.2 Å². The average molecular weight is 155 g/mol. The van der Waals surface area contributed by atoms with E-state index >= 15 is 0 Å². The van der Waals surface area contributed by atoms with Crippen molar-refractivity contribution < 1.29 is 0 Å². The van der Waals surface area contributed by atoms with Crippen molar-refractivity contribution >= 4 is 0 Å².